The third-order valence-electron chi connectivity index (χ3n) is 1.72. The lowest BCUT2D eigenvalue weighted by molar-refractivity contribution is 0.487. The summed E-state index contributed by atoms with van der Waals surface area (Å²) in [4.78, 5) is 3.97. The van der Waals surface area contributed by atoms with E-state index < -0.39 is 0 Å². The molecule has 0 aliphatic carbocycles. The molecular weight excluding hydrogens is 158 g/mol. The molecule has 1 N–H and O–H groups in total. The van der Waals surface area contributed by atoms with Crippen LogP contribution in [0.15, 0.2) is 18.5 Å². The van der Waals surface area contributed by atoms with E-state index in [4.69, 9.17) is 0 Å². The number of fused-ring (bicyclic) bond motifs is 1. The molecule has 0 unspecified atom stereocenters. The van der Waals surface area contributed by atoms with Gasteiger partial charge in [-0.3, -0.25) is 4.98 Å². The first-order valence-electron chi connectivity index (χ1n) is 3.31. The number of rotatable bonds is 0. The summed E-state index contributed by atoms with van der Waals surface area (Å²) in [7, 11) is 0. The van der Waals surface area contributed by atoms with E-state index in [0.29, 0.717) is 5.06 Å². The summed E-state index contributed by atoms with van der Waals surface area (Å²) < 4.78 is 1.04. The minimum atomic E-state index is 0.396. The Morgan fingerprint density at radius 1 is 1.55 bits per heavy atom. The number of pyridine rings is 1. The second-order valence-electron chi connectivity index (χ2n) is 2.40. The van der Waals surface area contributed by atoms with Gasteiger partial charge in [0.1, 0.15) is 0 Å². The smallest absolute Gasteiger partial charge is 0.175 e. The Balaban J connectivity index is 2.92. The third-order valence-corrected chi connectivity index (χ3v) is 2.76. The summed E-state index contributed by atoms with van der Waals surface area (Å²) in [5, 5.41) is 10.8. The highest BCUT2D eigenvalue weighted by Gasteiger charge is 2.04. The number of aromatic hydroxyl groups is 1. The first kappa shape index (κ1) is 6.61. The topological polar surface area (TPSA) is 33.1 Å². The van der Waals surface area contributed by atoms with E-state index in [-0.39, 0.29) is 0 Å². The molecule has 2 nitrogen and oxygen atoms in total. The van der Waals surface area contributed by atoms with Crippen molar-refractivity contribution in [1.82, 2.24) is 4.98 Å². The van der Waals surface area contributed by atoms with E-state index in [1.54, 1.807) is 12.4 Å². The molecule has 0 fully saturated rings. The van der Waals surface area contributed by atoms with Crippen LogP contribution in [0, 0.1) is 6.92 Å². The summed E-state index contributed by atoms with van der Waals surface area (Å²) >= 11 is 1.37. The van der Waals surface area contributed by atoms with Crippen LogP contribution in [-0.2, 0) is 0 Å². The maximum Gasteiger partial charge on any atom is 0.175 e. The molecule has 2 aromatic heterocycles. The zero-order valence-corrected chi connectivity index (χ0v) is 6.85. The van der Waals surface area contributed by atoms with Crippen LogP contribution in [0.4, 0.5) is 0 Å². The van der Waals surface area contributed by atoms with Gasteiger partial charge in [0.2, 0.25) is 0 Å². The quantitative estimate of drug-likeness (QED) is 0.649. The number of aryl methyl sites for hydroxylation is 1. The van der Waals surface area contributed by atoms with Gasteiger partial charge in [0.25, 0.3) is 0 Å². The Morgan fingerprint density at radius 2 is 2.36 bits per heavy atom. The maximum absolute atomic E-state index is 9.33. The second kappa shape index (κ2) is 2.20. The molecule has 0 saturated heterocycles. The normalized spacial score (nSPS) is 10.6. The van der Waals surface area contributed by atoms with Gasteiger partial charge in [-0.1, -0.05) is 11.3 Å². The molecular formula is C8H7NOS. The highest BCUT2D eigenvalue weighted by molar-refractivity contribution is 7.20. The van der Waals surface area contributed by atoms with E-state index in [1.165, 1.54) is 11.3 Å². The fourth-order valence-electron chi connectivity index (χ4n) is 1.07. The molecule has 0 spiro atoms. The highest BCUT2D eigenvalue weighted by Crippen LogP contribution is 2.34. The van der Waals surface area contributed by atoms with E-state index in [1.807, 2.05) is 13.0 Å². The summed E-state index contributed by atoms with van der Waals surface area (Å²) in [6.07, 6.45) is 3.51. The molecule has 0 aromatic carbocycles. The fraction of sp³-hybridized carbons (Fsp3) is 0.125. The summed E-state index contributed by atoms with van der Waals surface area (Å²) in [6.45, 7) is 1.91. The number of thiophene rings is 1. The van der Waals surface area contributed by atoms with Crippen molar-refractivity contribution in [3.05, 3.63) is 24.0 Å². The number of aromatic nitrogens is 1. The molecule has 2 aromatic rings. The van der Waals surface area contributed by atoms with E-state index >= 15 is 0 Å². The molecule has 0 aliphatic rings. The summed E-state index contributed by atoms with van der Waals surface area (Å²) in [5.41, 5.74) is 0.951. The Labute approximate surface area is 68.1 Å². The van der Waals surface area contributed by atoms with E-state index in [9.17, 15) is 5.11 Å². The first-order chi connectivity index (χ1) is 5.29. The number of nitrogens with zero attached hydrogens (tertiary/aromatic N) is 1. The molecule has 0 radical (unpaired) electrons. The van der Waals surface area contributed by atoms with Crippen LogP contribution in [0.25, 0.3) is 10.1 Å². The van der Waals surface area contributed by atoms with Gasteiger partial charge < -0.3 is 5.11 Å². The van der Waals surface area contributed by atoms with Crippen LogP contribution in [0.3, 0.4) is 0 Å². The van der Waals surface area contributed by atoms with Gasteiger partial charge >= 0.3 is 0 Å². The van der Waals surface area contributed by atoms with Crippen LogP contribution in [-0.4, -0.2) is 10.1 Å². The Kier molecular flexibility index (Phi) is 1.32. The average Bonchev–Trinajstić information content (AvgIpc) is 2.30. The Bertz CT molecular complexity index is 394. The van der Waals surface area contributed by atoms with Crippen molar-refractivity contribution in [2.24, 2.45) is 0 Å². The molecule has 0 amide bonds. The van der Waals surface area contributed by atoms with Crippen molar-refractivity contribution in [2.45, 2.75) is 6.92 Å². The molecule has 0 bridgehead atoms. The van der Waals surface area contributed by atoms with Crippen LogP contribution in [0.1, 0.15) is 5.56 Å². The van der Waals surface area contributed by atoms with Gasteiger partial charge in [0, 0.05) is 23.3 Å². The number of hydrogen-bond acceptors (Lipinski definition) is 3. The molecule has 11 heavy (non-hydrogen) atoms. The van der Waals surface area contributed by atoms with Gasteiger partial charge in [0.15, 0.2) is 5.06 Å². The summed E-state index contributed by atoms with van der Waals surface area (Å²) in [6, 6.07) is 1.92. The van der Waals surface area contributed by atoms with Crippen LogP contribution in [0.5, 0.6) is 5.06 Å². The van der Waals surface area contributed by atoms with Crippen LogP contribution >= 0.6 is 11.3 Å². The van der Waals surface area contributed by atoms with E-state index in [0.717, 1.165) is 15.6 Å². The first-order valence-corrected chi connectivity index (χ1v) is 4.13. The van der Waals surface area contributed by atoms with Crippen LogP contribution in [0.2, 0.25) is 0 Å². The van der Waals surface area contributed by atoms with Gasteiger partial charge in [-0.25, -0.2) is 0 Å². The predicted octanol–water partition coefficient (Wildman–Crippen LogP) is 2.31. The Morgan fingerprint density at radius 3 is 3.09 bits per heavy atom. The second-order valence-corrected chi connectivity index (χ2v) is 3.43. The number of hydrogen-bond donors (Lipinski definition) is 1. The minimum Gasteiger partial charge on any atom is -0.499 e. The van der Waals surface area contributed by atoms with Crippen molar-refractivity contribution < 1.29 is 5.11 Å². The monoisotopic (exact) mass is 165 g/mol. The third kappa shape index (κ3) is 0.886. The Hall–Kier alpha value is -1.09. The van der Waals surface area contributed by atoms with Gasteiger partial charge in [-0.2, -0.15) is 0 Å². The van der Waals surface area contributed by atoms with Gasteiger partial charge in [-0.05, 0) is 13.0 Å². The zero-order chi connectivity index (χ0) is 7.84. The van der Waals surface area contributed by atoms with Crippen molar-refractivity contribution in [3.63, 3.8) is 0 Å². The fourth-order valence-corrected chi connectivity index (χ4v) is 1.98. The van der Waals surface area contributed by atoms with Gasteiger partial charge in [-0.15, -0.1) is 0 Å². The molecule has 2 heterocycles. The lowest BCUT2D eigenvalue weighted by atomic mass is 10.2. The molecule has 0 saturated carbocycles. The molecule has 0 aliphatic heterocycles. The zero-order valence-electron chi connectivity index (χ0n) is 6.03. The molecule has 0 atom stereocenters. The average molecular weight is 165 g/mol. The SMILES string of the molecule is Cc1c(O)sc2cnccc12. The lowest BCUT2D eigenvalue weighted by Gasteiger charge is -1.87. The van der Waals surface area contributed by atoms with Crippen LogP contribution < -0.4 is 0 Å². The largest absolute Gasteiger partial charge is 0.499 e. The highest BCUT2D eigenvalue weighted by atomic mass is 32.1. The molecule has 56 valence electrons. The standard InChI is InChI=1S/C8H7NOS/c1-5-6-2-3-9-4-7(6)11-8(5)10/h2-4,10H,1H3. The predicted molar refractivity (Wildman–Crippen MR) is 46.0 cm³/mol. The van der Waals surface area contributed by atoms with Crippen molar-refractivity contribution in [3.8, 4) is 5.06 Å². The van der Waals surface area contributed by atoms with Crippen molar-refractivity contribution in [2.75, 3.05) is 0 Å². The maximum atomic E-state index is 9.33. The molecule has 2 rings (SSSR count). The van der Waals surface area contributed by atoms with Crippen molar-refractivity contribution in [1.29, 1.82) is 0 Å². The van der Waals surface area contributed by atoms with Gasteiger partial charge in [0.05, 0.1) is 4.70 Å². The summed E-state index contributed by atoms with van der Waals surface area (Å²) in [5.74, 6) is 0. The molecule has 3 heteroatoms. The lowest BCUT2D eigenvalue weighted by Crippen LogP contribution is -1.69. The minimum absolute atomic E-state index is 0.396. The van der Waals surface area contributed by atoms with Crippen molar-refractivity contribution >= 4 is 21.4 Å². The van der Waals surface area contributed by atoms with E-state index in [2.05, 4.69) is 4.98 Å².